The van der Waals surface area contributed by atoms with Crippen molar-refractivity contribution in [2.45, 2.75) is 19.9 Å². The van der Waals surface area contributed by atoms with Crippen LogP contribution in [-0.4, -0.2) is 41.4 Å². The van der Waals surface area contributed by atoms with Crippen LogP contribution in [0.2, 0.25) is 0 Å². The summed E-state index contributed by atoms with van der Waals surface area (Å²) in [4.78, 5) is 43.8. The number of hydrogen-bond donors (Lipinski definition) is 1. The van der Waals surface area contributed by atoms with Gasteiger partial charge in [-0.3, -0.25) is 9.36 Å². The van der Waals surface area contributed by atoms with Gasteiger partial charge in [-0.2, -0.15) is 0 Å². The van der Waals surface area contributed by atoms with Gasteiger partial charge in [0.1, 0.15) is 11.5 Å². The Morgan fingerprint density at radius 1 is 0.952 bits per heavy atom. The summed E-state index contributed by atoms with van der Waals surface area (Å²) in [5, 5.41) is 8.94. The highest BCUT2D eigenvalue weighted by Crippen LogP contribution is 2.35. The molecule has 9 nitrogen and oxygen atoms in total. The maximum atomic E-state index is 14.0. The first-order valence-electron chi connectivity index (χ1n) is 13.4. The second kappa shape index (κ2) is 12.7. The van der Waals surface area contributed by atoms with Gasteiger partial charge in [-0.15, -0.1) is 0 Å². The minimum absolute atomic E-state index is 0.158. The summed E-state index contributed by atoms with van der Waals surface area (Å²) in [6.07, 6.45) is 1.70. The topological polar surface area (TPSA) is 116 Å². The number of ether oxygens (including phenoxy) is 3. The van der Waals surface area contributed by atoms with Gasteiger partial charge in [0.05, 0.1) is 35.1 Å². The molecular formula is C32H28N2O7S. The van der Waals surface area contributed by atoms with Crippen LogP contribution < -0.4 is 24.4 Å². The molecule has 0 saturated carbocycles. The lowest BCUT2D eigenvalue weighted by Crippen LogP contribution is -2.40. The van der Waals surface area contributed by atoms with Gasteiger partial charge in [-0.05, 0) is 55.3 Å². The lowest BCUT2D eigenvalue weighted by Gasteiger charge is -2.26. The first kappa shape index (κ1) is 28.6. The van der Waals surface area contributed by atoms with Crippen molar-refractivity contribution in [3.05, 3.63) is 121 Å². The van der Waals surface area contributed by atoms with E-state index in [0.29, 0.717) is 44.3 Å². The van der Waals surface area contributed by atoms with Gasteiger partial charge < -0.3 is 19.3 Å². The van der Waals surface area contributed by atoms with Crippen molar-refractivity contribution in [3.8, 4) is 11.5 Å². The SMILES string of the molecule is CCOC(=O)C1=C(c2ccccc2)N=c2sc(=Cc3cccc(OCC(=O)O)c3)c(=O)n2[C@H]1c1ccc(OCC)cc1. The Hall–Kier alpha value is -4.96. The molecule has 1 atom stereocenters. The van der Waals surface area contributed by atoms with Gasteiger partial charge in [0, 0.05) is 5.56 Å². The minimum Gasteiger partial charge on any atom is -0.494 e. The third kappa shape index (κ3) is 6.03. The van der Waals surface area contributed by atoms with Crippen molar-refractivity contribution < 1.29 is 28.9 Å². The second-order valence-corrected chi connectivity index (χ2v) is 10.2. The molecule has 3 aromatic carbocycles. The number of aromatic nitrogens is 1. The van der Waals surface area contributed by atoms with Crippen LogP contribution >= 0.6 is 11.3 Å². The van der Waals surface area contributed by atoms with Crippen molar-refractivity contribution in [2.75, 3.05) is 19.8 Å². The highest BCUT2D eigenvalue weighted by Gasteiger charge is 2.35. The molecular weight excluding hydrogens is 556 g/mol. The van der Waals surface area contributed by atoms with Crippen molar-refractivity contribution >= 4 is 35.0 Å². The molecule has 0 aliphatic carbocycles. The summed E-state index contributed by atoms with van der Waals surface area (Å²) in [7, 11) is 0. The van der Waals surface area contributed by atoms with E-state index in [0.717, 1.165) is 5.56 Å². The van der Waals surface area contributed by atoms with E-state index >= 15 is 0 Å². The van der Waals surface area contributed by atoms with Crippen LogP contribution in [0.1, 0.15) is 36.6 Å². The normalized spacial score (nSPS) is 14.6. The fourth-order valence-corrected chi connectivity index (χ4v) is 5.66. The van der Waals surface area contributed by atoms with E-state index in [-0.39, 0.29) is 17.7 Å². The fourth-order valence-electron chi connectivity index (χ4n) is 4.66. The summed E-state index contributed by atoms with van der Waals surface area (Å²) in [6, 6.07) is 22.6. The minimum atomic E-state index is -1.09. The zero-order chi connectivity index (χ0) is 29.6. The van der Waals surface area contributed by atoms with Gasteiger partial charge in [-0.1, -0.05) is 65.9 Å². The quantitative estimate of drug-likeness (QED) is 0.282. The Morgan fingerprint density at radius 3 is 2.40 bits per heavy atom. The van der Waals surface area contributed by atoms with E-state index in [4.69, 9.17) is 24.3 Å². The molecule has 2 heterocycles. The van der Waals surface area contributed by atoms with Crippen LogP contribution in [0.4, 0.5) is 0 Å². The number of hydrogen-bond acceptors (Lipinski definition) is 8. The van der Waals surface area contributed by atoms with Crippen molar-refractivity contribution in [2.24, 2.45) is 4.99 Å². The number of rotatable bonds is 10. The van der Waals surface area contributed by atoms with Gasteiger partial charge in [0.25, 0.3) is 5.56 Å². The number of carboxylic acid groups (broad SMARTS) is 1. The number of carbonyl (C=O) groups is 2. The Morgan fingerprint density at radius 2 is 1.71 bits per heavy atom. The van der Waals surface area contributed by atoms with E-state index in [9.17, 15) is 14.4 Å². The lowest BCUT2D eigenvalue weighted by molar-refractivity contribution is -0.140. The molecule has 5 rings (SSSR count). The molecule has 0 saturated heterocycles. The molecule has 214 valence electrons. The second-order valence-electron chi connectivity index (χ2n) is 9.19. The lowest BCUT2D eigenvalue weighted by atomic mass is 9.93. The molecule has 42 heavy (non-hydrogen) atoms. The Labute approximate surface area is 245 Å². The van der Waals surface area contributed by atoms with Gasteiger partial charge in [0.15, 0.2) is 11.4 Å². The molecule has 0 spiro atoms. The van der Waals surface area contributed by atoms with Gasteiger partial charge >= 0.3 is 11.9 Å². The molecule has 0 amide bonds. The first-order chi connectivity index (χ1) is 20.4. The molecule has 0 fully saturated rings. The van der Waals surface area contributed by atoms with E-state index in [1.165, 1.54) is 15.9 Å². The molecule has 1 N–H and O–H groups in total. The third-order valence-corrected chi connectivity index (χ3v) is 7.38. The van der Waals surface area contributed by atoms with E-state index in [1.54, 1.807) is 37.3 Å². The number of carbonyl (C=O) groups excluding carboxylic acids is 1. The number of carboxylic acids is 1. The number of thiazole rings is 1. The van der Waals surface area contributed by atoms with Crippen molar-refractivity contribution in [3.63, 3.8) is 0 Å². The van der Waals surface area contributed by atoms with Crippen LogP contribution in [0.3, 0.4) is 0 Å². The number of esters is 1. The Kier molecular flexibility index (Phi) is 8.63. The van der Waals surface area contributed by atoms with Crippen LogP contribution in [0.5, 0.6) is 11.5 Å². The molecule has 10 heteroatoms. The molecule has 0 radical (unpaired) electrons. The predicted octanol–water partition coefficient (Wildman–Crippen LogP) is 3.80. The van der Waals surface area contributed by atoms with Gasteiger partial charge in [-0.25, -0.2) is 14.6 Å². The first-order valence-corrected chi connectivity index (χ1v) is 14.2. The fraction of sp³-hybridized carbons (Fsp3) is 0.188. The van der Waals surface area contributed by atoms with Crippen LogP contribution in [0.25, 0.3) is 11.8 Å². The van der Waals surface area contributed by atoms with Crippen LogP contribution in [-0.2, 0) is 14.3 Å². The molecule has 4 aromatic rings. The van der Waals surface area contributed by atoms with E-state index in [1.807, 2.05) is 61.5 Å². The maximum Gasteiger partial charge on any atom is 0.341 e. The summed E-state index contributed by atoms with van der Waals surface area (Å²) in [6.45, 7) is 3.81. The molecule has 1 aromatic heterocycles. The summed E-state index contributed by atoms with van der Waals surface area (Å²) in [5.41, 5.74) is 2.43. The average molecular weight is 585 g/mol. The van der Waals surface area contributed by atoms with Crippen LogP contribution in [0, 0.1) is 0 Å². The summed E-state index contributed by atoms with van der Waals surface area (Å²) < 4.78 is 18.3. The zero-order valence-electron chi connectivity index (χ0n) is 23.0. The summed E-state index contributed by atoms with van der Waals surface area (Å²) >= 11 is 1.20. The molecule has 1 aliphatic heterocycles. The highest BCUT2D eigenvalue weighted by atomic mass is 32.1. The standard InChI is InChI=1S/C32H28N2O7S/c1-3-39-23-15-13-22(14-16-23)29-27(31(38)40-4-2)28(21-10-6-5-7-11-21)33-32-34(29)30(37)25(42-32)18-20-9-8-12-24(17-20)41-19-26(35)36/h5-18,29H,3-4,19H2,1-2H3,(H,35,36)/t29-/m0/s1. The molecule has 0 bridgehead atoms. The predicted molar refractivity (Wildman–Crippen MR) is 158 cm³/mol. The number of fused-ring (bicyclic) bond motifs is 1. The number of aliphatic carboxylic acids is 1. The monoisotopic (exact) mass is 584 g/mol. The van der Waals surface area contributed by atoms with Crippen molar-refractivity contribution in [1.29, 1.82) is 0 Å². The van der Waals surface area contributed by atoms with Crippen LogP contribution in [0.15, 0.2) is 94.2 Å². The highest BCUT2D eigenvalue weighted by molar-refractivity contribution is 7.07. The molecule has 0 unspecified atom stereocenters. The molecule has 1 aliphatic rings. The average Bonchev–Trinajstić information content (AvgIpc) is 3.30. The smallest absolute Gasteiger partial charge is 0.341 e. The number of benzene rings is 3. The Balaban J connectivity index is 1.73. The third-order valence-electron chi connectivity index (χ3n) is 6.40. The van der Waals surface area contributed by atoms with E-state index in [2.05, 4.69) is 0 Å². The number of nitrogens with zero attached hydrogens (tertiary/aromatic N) is 2. The zero-order valence-corrected chi connectivity index (χ0v) is 23.8. The maximum absolute atomic E-state index is 14.0. The Bertz CT molecular complexity index is 1820. The van der Waals surface area contributed by atoms with Crippen molar-refractivity contribution in [1.82, 2.24) is 4.57 Å². The summed E-state index contributed by atoms with van der Waals surface area (Å²) in [5.74, 6) is -0.614. The van der Waals surface area contributed by atoms with E-state index < -0.39 is 24.6 Å². The van der Waals surface area contributed by atoms with Gasteiger partial charge in [0.2, 0.25) is 0 Å². The largest absolute Gasteiger partial charge is 0.494 e.